The predicted molar refractivity (Wildman–Crippen MR) is 122 cm³/mol. The molecular formula is C23H28N4O3S. The maximum absolute atomic E-state index is 12.3. The fourth-order valence-corrected chi connectivity index (χ4v) is 4.64. The quantitative estimate of drug-likeness (QED) is 0.368. The van der Waals surface area contributed by atoms with Crippen molar-refractivity contribution in [2.75, 3.05) is 6.54 Å². The monoisotopic (exact) mass is 440 g/mol. The minimum atomic E-state index is -3.43. The molecule has 0 amide bonds. The van der Waals surface area contributed by atoms with Crippen molar-refractivity contribution in [2.45, 2.75) is 50.7 Å². The summed E-state index contributed by atoms with van der Waals surface area (Å²) in [7, 11) is -3.43. The number of aryl methyl sites for hydroxylation is 1. The van der Waals surface area contributed by atoms with Gasteiger partial charge in [-0.2, -0.15) is 0 Å². The second-order valence-corrected chi connectivity index (χ2v) is 9.45. The number of rotatable bonds is 8. The van der Waals surface area contributed by atoms with Crippen LogP contribution in [-0.2, 0) is 23.1 Å². The van der Waals surface area contributed by atoms with Crippen LogP contribution in [0.15, 0.2) is 62.8 Å². The van der Waals surface area contributed by atoms with E-state index in [2.05, 4.69) is 33.3 Å². The van der Waals surface area contributed by atoms with Crippen LogP contribution in [0.25, 0.3) is 11.0 Å². The van der Waals surface area contributed by atoms with Crippen molar-refractivity contribution in [3.8, 4) is 0 Å². The van der Waals surface area contributed by atoms with E-state index in [0.717, 1.165) is 47.2 Å². The van der Waals surface area contributed by atoms with E-state index in [1.165, 1.54) is 0 Å². The van der Waals surface area contributed by atoms with E-state index in [1.54, 1.807) is 24.3 Å². The third-order valence-electron chi connectivity index (χ3n) is 5.26. The van der Waals surface area contributed by atoms with Gasteiger partial charge in [0.15, 0.2) is 5.96 Å². The summed E-state index contributed by atoms with van der Waals surface area (Å²) >= 11 is 0. The lowest BCUT2D eigenvalue weighted by atomic mass is 10.1. The van der Waals surface area contributed by atoms with Gasteiger partial charge < -0.3 is 15.1 Å². The summed E-state index contributed by atoms with van der Waals surface area (Å²) in [4.78, 5) is 4.91. The van der Waals surface area contributed by atoms with E-state index >= 15 is 0 Å². The number of nitrogens with one attached hydrogen (secondary N) is 3. The SMILES string of the molecule is CCNC(=NCc1ccc(S(=O)(=O)NC2CC2)cc1)NCc1oc2ccccc2c1C. The lowest BCUT2D eigenvalue weighted by molar-refractivity contribution is 0.534. The molecule has 0 radical (unpaired) electrons. The number of furan rings is 1. The Morgan fingerprint density at radius 2 is 1.84 bits per heavy atom. The highest BCUT2D eigenvalue weighted by Gasteiger charge is 2.27. The lowest BCUT2D eigenvalue weighted by Gasteiger charge is -2.11. The molecule has 1 saturated carbocycles. The fourth-order valence-electron chi connectivity index (χ4n) is 3.33. The summed E-state index contributed by atoms with van der Waals surface area (Å²) < 4.78 is 33.2. The van der Waals surface area contributed by atoms with Crippen LogP contribution < -0.4 is 15.4 Å². The van der Waals surface area contributed by atoms with Gasteiger partial charge in [0.05, 0.1) is 18.0 Å². The molecule has 0 aliphatic heterocycles. The molecule has 0 saturated heterocycles. The van der Waals surface area contributed by atoms with E-state index in [9.17, 15) is 8.42 Å². The molecule has 0 bridgehead atoms. The largest absolute Gasteiger partial charge is 0.459 e. The third-order valence-corrected chi connectivity index (χ3v) is 6.79. The zero-order valence-electron chi connectivity index (χ0n) is 17.8. The number of sulfonamides is 1. The summed E-state index contributed by atoms with van der Waals surface area (Å²) in [5.74, 6) is 1.55. The van der Waals surface area contributed by atoms with Gasteiger partial charge in [-0.15, -0.1) is 0 Å². The molecule has 3 aromatic rings. The molecule has 4 rings (SSSR count). The van der Waals surface area contributed by atoms with Crippen LogP contribution in [0.4, 0.5) is 0 Å². The Hall–Kier alpha value is -2.84. The van der Waals surface area contributed by atoms with Gasteiger partial charge in [0.25, 0.3) is 0 Å². The molecule has 0 unspecified atom stereocenters. The van der Waals surface area contributed by atoms with Crippen LogP contribution >= 0.6 is 0 Å². The summed E-state index contributed by atoms with van der Waals surface area (Å²) in [6, 6.07) is 15.0. The number of hydrogen-bond acceptors (Lipinski definition) is 4. The topological polar surface area (TPSA) is 95.7 Å². The number of benzene rings is 2. The molecule has 8 heteroatoms. The van der Waals surface area contributed by atoms with Crippen molar-refractivity contribution >= 4 is 27.0 Å². The van der Waals surface area contributed by atoms with E-state index < -0.39 is 10.0 Å². The number of hydrogen-bond donors (Lipinski definition) is 3. The molecule has 164 valence electrons. The maximum atomic E-state index is 12.3. The first-order valence-electron chi connectivity index (χ1n) is 10.6. The minimum Gasteiger partial charge on any atom is -0.459 e. The van der Waals surface area contributed by atoms with Crippen molar-refractivity contribution in [1.82, 2.24) is 15.4 Å². The number of para-hydroxylation sites is 1. The highest BCUT2D eigenvalue weighted by Crippen LogP contribution is 2.25. The molecule has 1 heterocycles. The van der Waals surface area contributed by atoms with E-state index in [4.69, 9.17) is 4.42 Å². The molecule has 1 fully saturated rings. The summed E-state index contributed by atoms with van der Waals surface area (Å²) in [6.45, 7) is 5.76. The van der Waals surface area contributed by atoms with Gasteiger partial charge in [0.2, 0.25) is 10.0 Å². The molecular weight excluding hydrogens is 412 g/mol. The van der Waals surface area contributed by atoms with Gasteiger partial charge in [-0.05, 0) is 50.5 Å². The van der Waals surface area contributed by atoms with Crippen molar-refractivity contribution in [3.63, 3.8) is 0 Å². The zero-order chi connectivity index (χ0) is 21.8. The molecule has 31 heavy (non-hydrogen) atoms. The predicted octanol–water partition coefficient (Wildman–Crippen LogP) is 3.44. The smallest absolute Gasteiger partial charge is 0.240 e. The highest BCUT2D eigenvalue weighted by atomic mass is 32.2. The fraction of sp³-hybridized carbons (Fsp3) is 0.348. The zero-order valence-corrected chi connectivity index (χ0v) is 18.6. The molecule has 0 atom stereocenters. The molecule has 2 aromatic carbocycles. The lowest BCUT2D eigenvalue weighted by Crippen LogP contribution is -2.36. The van der Waals surface area contributed by atoms with Crippen LogP contribution in [0, 0.1) is 6.92 Å². The standard InChI is InChI=1S/C23H28N4O3S/c1-3-24-23(26-15-22-16(2)20-6-4-5-7-21(20)30-22)25-14-17-8-12-19(13-9-17)31(28,29)27-18-10-11-18/h4-9,12-13,18,27H,3,10-11,14-15H2,1-2H3,(H2,24,25,26). The Morgan fingerprint density at radius 1 is 1.10 bits per heavy atom. The number of guanidine groups is 1. The number of fused-ring (bicyclic) bond motifs is 1. The van der Waals surface area contributed by atoms with Crippen molar-refractivity contribution in [1.29, 1.82) is 0 Å². The molecule has 0 spiro atoms. The second-order valence-electron chi connectivity index (χ2n) is 7.73. The molecule has 7 nitrogen and oxygen atoms in total. The number of aliphatic imine (C=N–C) groups is 1. The minimum absolute atomic E-state index is 0.0958. The van der Waals surface area contributed by atoms with Crippen molar-refractivity contribution < 1.29 is 12.8 Å². The summed E-state index contributed by atoms with van der Waals surface area (Å²) in [5, 5.41) is 7.66. The van der Waals surface area contributed by atoms with Gasteiger partial charge in [0.1, 0.15) is 11.3 Å². The number of nitrogens with zero attached hydrogens (tertiary/aromatic N) is 1. The summed E-state index contributed by atoms with van der Waals surface area (Å²) in [5.41, 5.74) is 2.93. The van der Waals surface area contributed by atoms with Gasteiger partial charge >= 0.3 is 0 Å². The first-order valence-corrected chi connectivity index (χ1v) is 12.0. The Balaban J connectivity index is 1.40. The maximum Gasteiger partial charge on any atom is 0.240 e. The van der Waals surface area contributed by atoms with Crippen LogP contribution in [0.3, 0.4) is 0 Å². The van der Waals surface area contributed by atoms with Gasteiger partial charge in [-0.1, -0.05) is 30.3 Å². The molecule has 1 aliphatic rings. The van der Waals surface area contributed by atoms with E-state index in [-0.39, 0.29) is 10.9 Å². The average Bonchev–Trinajstić information content (AvgIpc) is 3.52. The van der Waals surface area contributed by atoms with Crippen LogP contribution in [0.1, 0.15) is 36.7 Å². The Bertz CT molecular complexity index is 1180. The van der Waals surface area contributed by atoms with Gasteiger partial charge in [-0.25, -0.2) is 18.1 Å². The highest BCUT2D eigenvalue weighted by molar-refractivity contribution is 7.89. The van der Waals surface area contributed by atoms with Crippen LogP contribution in [0.5, 0.6) is 0 Å². The average molecular weight is 441 g/mol. The molecule has 1 aromatic heterocycles. The van der Waals surface area contributed by atoms with E-state index in [1.807, 2.05) is 25.1 Å². The van der Waals surface area contributed by atoms with Crippen molar-refractivity contribution in [2.24, 2.45) is 4.99 Å². The van der Waals surface area contributed by atoms with Gasteiger partial charge in [-0.3, -0.25) is 0 Å². The van der Waals surface area contributed by atoms with Gasteiger partial charge in [0, 0.05) is 23.5 Å². The van der Waals surface area contributed by atoms with Crippen LogP contribution in [0.2, 0.25) is 0 Å². The molecule has 1 aliphatic carbocycles. The van der Waals surface area contributed by atoms with E-state index in [0.29, 0.717) is 19.0 Å². The summed E-state index contributed by atoms with van der Waals surface area (Å²) in [6.07, 6.45) is 1.83. The normalized spacial score (nSPS) is 14.7. The third kappa shape index (κ3) is 5.26. The Kier molecular flexibility index (Phi) is 6.29. The Labute approximate surface area is 183 Å². The molecule has 3 N–H and O–H groups in total. The van der Waals surface area contributed by atoms with Crippen molar-refractivity contribution in [3.05, 3.63) is 65.4 Å². The first kappa shape index (κ1) is 21.4. The second kappa shape index (κ2) is 9.11. The Morgan fingerprint density at radius 3 is 2.52 bits per heavy atom. The first-order chi connectivity index (χ1) is 15.0. The van der Waals surface area contributed by atoms with Crippen LogP contribution in [-0.4, -0.2) is 27.0 Å².